The SMILES string of the molecule is C[C@@H]1NC(=O)C2(CCCCc3ccccc3OCCNC1=O)CCN(Cc1cccn1-c1ccccn1)CC2. The molecule has 2 aromatic heterocycles. The number of nitrogens with one attached hydrogen (secondary N) is 2. The van der Waals surface area contributed by atoms with Crippen LogP contribution in [0.3, 0.4) is 0 Å². The van der Waals surface area contributed by atoms with Crippen LogP contribution in [-0.2, 0) is 22.6 Å². The highest BCUT2D eigenvalue weighted by molar-refractivity contribution is 5.90. The van der Waals surface area contributed by atoms with Gasteiger partial charge in [-0.25, -0.2) is 4.98 Å². The molecule has 2 N–H and O–H groups in total. The first-order valence-corrected chi connectivity index (χ1v) is 14.1. The van der Waals surface area contributed by atoms with Gasteiger partial charge in [-0.15, -0.1) is 0 Å². The fraction of sp³-hybridized carbons (Fsp3) is 0.452. The average molecular weight is 530 g/mol. The molecule has 0 unspecified atom stereocenters. The standard InChI is InChI=1S/C31H39N5O3/c1-24-29(37)33-18-22-39-27-12-3-2-9-25(27)10-4-6-14-31(30(38)34-24)15-20-35(21-16-31)23-26-11-8-19-36(26)28-13-5-7-17-32-28/h2-3,5,7-9,11-13,17,19,24H,4,6,10,14-16,18,20-23H2,1H3,(H,33,37)(H,34,38)/t24-/m0/s1. The Balaban J connectivity index is 1.27. The summed E-state index contributed by atoms with van der Waals surface area (Å²) in [5, 5.41) is 5.95. The fourth-order valence-corrected chi connectivity index (χ4v) is 5.76. The molecule has 2 aliphatic rings. The maximum Gasteiger partial charge on any atom is 0.242 e. The molecule has 1 atom stereocenters. The molecule has 3 aromatic rings. The monoisotopic (exact) mass is 529 g/mol. The summed E-state index contributed by atoms with van der Waals surface area (Å²) in [6.07, 6.45) is 9.07. The zero-order chi connectivity index (χ0) is 27.1. The van der Waals surface area contributed by atoms with E-state index in [4.69, 9.17) is 4.74 Å². The molecule has 8 heteroatoms. The fourth-order valence-electron chi connectivity index (χ4n) is 5.76. The van der Waals surface area contributed by atoms with Gasteiger partial charge in [0, 0.05) is 24.6 Å². The van der Waals surface area contributed by atoms with Crippen LogP contribution >= 0.6 is 0 Å². The van der Waals surface area contributed by atoms with E-state index in [2.05, 4.69) is 43.3 Å². The number of ether oxygens (including phenoxy) is 1. The van der Waals surface area contributed by atoms with E-state index in [1.807, 2.05) is 48.8 Å². The van der Waals surface area contributed by atoms with Gasteiger partial charge in [0.05, 0.1) is 12.0 Å². The molecule has 2 amide bonds. The molecule has 0 saturated carbocycles. The molecule has 1 saturated heterocycles. The van der Waals surface area contributed by atoms with Gasteiger partial charge >= 0.3 is 0 Å². The van der Waals surface area contributed by atoms with E-state index in [1.165, 1.54) is 11.3 Å². The van der Waals surface area contributed by atoms with Crippen LogP contribution in [0.1, 0.15) is 50.3 Å². The van der Waals surface area contributed by atoms with Crippen molar-refractivity contribution in [3.8, 4) is 11.6 Å². The Morgan fingerprint density at radius 1 is 1.00 bits per heavy atom. The van der Waals surface area contributed by atoms with Crippen molar-refractivity contribution in [1.29, 1.82) is 0 Å². The van der Waals surface area contributed by atoms with Crippen LogP contribution in [0.4, 0.5) is 0 Å². The number of fused-ring (bicyclic) bond motifs is 1. The van der Waals surface area contributed by atoms with E-state index in [-0.39, 0.29) is 11.8 Å². The lowest BCUT2D eigenvalue weighted by Gasteiger charge is -2.41. The number of benzene rings is 1. The molecule has 1 aromatic carbocycles. The number of para-hydroxylation sites is 1. The number of amides is 2. The normalized spacial score (nSPS) is 21.1. The lowest BCUT2D eigenvalue weighted by Crippen LogP contribution is -2.53. The molecule has 8 nitrogen and oxygen atoms in total. The van der Waals surface area contributed by atoms with Crippen LogP contribution in [0.2, 0.25) is 0 Å². The molecule has 2 aliphatic heterocycles. The quantitative estimate of drug-likeness (QED) is 0.538. The topological polar surface area (TPSA) is 88.5 Å². The number of aryl methyl sites for hydroxylation is 1. The van der Waals surface area contributed by atoms with Crippen molar-refractivity contribution >= 4 is 11.8 Å². The van der Waals surface area contributed by atoms with Gasteiger partial charge in [-0.05, 0) is 88.0 Å². The summed E-state index contributed by atoms with van der Waals surface area (Å²) in [6.45, 7) is 5.02. The maximum absolute atomic E-state index is 13.7. The third-order valence-corrected chi connectivity index (χ3v) is 8.13. The van der Waals surface area contributed by atoms with Crippen LogP contribution in [-0.4, -0.2) is 58.5 Å². The number of rotatable bonds is 3. The predicted octanol–water partition coefficient (Wildman–Crippen LogP) is 3.88. The Morgan fingerprint density at radius 3 is 2.64 bits per heavy atom. The van der Waals surface area contributed by atoms with E-state index < -0.39 is 11.5 Å². The van der Waals surface area contributed by atoms with Crippen LogP contribution in [0.25, 0.3) is 5.82 Å². The highest BCUT2D eigenvalue weighted by atomic mass is 16.5. The molecule has 4 heterocycles. The number of pyridine rings is 1. The minimum atomic E-state index is -0.591. The number of piperidine rings is 1. The lowest BCUT2D eigenvalue weighted by atomic mass is 9.73. The van der Waals surface area contributed by atoms with E-state index >= 15 is 0 Å². The first-order chi connectivity index (χ1) is 19.0. The zero-order valence-electron chi connectivity index (χ0n) is 22.8. The second kappa shape index (κ2) is 12.5. The molecule has 1 fully saturated rings. The van der Waals surface area contributed by atoms with E-state index in [9.17, 15) is 9.59 Å². The van der Waals surface area contributed by atoms with Crippen molar-refractivity contribution in [3.63, 3.8) is 0 Å². The summed E-state index contributed by atoms with van der Waals surface area (Å²) in [4.78, 5) is 33.3. The summed E-state index contributed by atoms with van der Waals surface area (Å²) in [6, 6.07) is 17.6. The predicted molar refractivity (Wildman–Crippen MR) is 151 cm³/mol. The Bertz CT molecular complexity index is 1250. The largest absolute Gasteiger partial charge is 0.491 e. The molecule has 1 spiro atoms. The molecule has 0 radical (unpaired) electrons. The second-order valence-electron chi connectivity index (χ2n) is 10.8. The molecule has 39 heavy (non-hydrogen) atoms. The number of likely N-dealkylation sites (tertiary alicyclic amines) is 1. The summed E-state index contributed by atoms with van der Waals surface area (Å²) in [5.41, 5.74) is 1.89. The second-order valence-corrected chi connectivity index (χ2v) is 10.8. The molecule has 5 rings (SSSR count). The van der Waals surface area contributed by atoms with Crippen molar-refractivity contribution in [2.75, 3.05) is 26.2 Å². The summed E-state index contributed by atoms with van der Waals surface area (Å²) in [5.74, 6) is 1.61. The van der Waals surface area contributed by atoms with E-state index in [0.29, 0.717) is 13.2 Å². The minimum absolute atomic E-state index is 0.00758. The van der Waals surface area contributed by atoms with Crippen LogP contribution in [0.15, 0.2) is 67.0 Å². The van der Waals surface area contributed by atoms with Crippen molar-refractivity contribution in [2.24, 2.45) is 5.41 Å². The Labute approximate surface area is 230 Å². The molecule has 0 aliphatic carbocycles. The van der Waals surface area contributed by atoms with Gasteiger partial charge in [-0.1, -0.05) is 30.7 Å². The average Bonchev–Trinajstić information content (AvgIpc) is 3.43. The van der Waals surface area contributed by atoms with Gasteiger partial charge in [-0.2, -0.15) is 0 Å². The first kappa shape index (κ1) is 26.9. The number of hydrogen-bond acceptors (Lipinski definition) is 5. The highest BCUT2D eigenvalue weighted by Crippen LogP contribution is 2.38. The number of carbonyl (C=O) groups excluding carboxylic acids is 2. The van der Waals surface area contributed by atoms with Gasteiger partial charge in [0.2, 0.25) is 11.8 Å². The summed E-state index contributed by atoms with van der Waals surface area (Å²) < 4.78 is 8.08. The van der Waals surface area contributed by atoms with E-state index in [0.717, 1.165) is 69.7 Å². The van der Waals surface area contributed by atoms with Gasteiger partial charge in [0.25, 0.3) is 0 Å². The molecular formula is C31H39N5O3. The van der Waals surface area contributed by atoms with Crippen LogP contribution in [0.5, 0.6) is 5.75 Å². The third kappa shape index (κ3) is 6.50. The molecule has 0 bridgehead atoms. The first-order valence-electron chi connectivity index (χ1n) is 14.1. The molecule has 206 valence electrons. The van der Waals surface area contributed by atoms with Gasteiger partial charge in [0.1, 0.15) is 24.2 Å². The van der Waals surface area contributed by atoms with Crippen LogP contribution < -0.4 is 15.4 Å². The number of aromatic nitrogens is 2. The zero-order valence-corrected chi connectivity index (χ0v) is 22.8. The van der Waals surface area contributed by atoms with Crippen molar-refractivity contribution in [1.82, 2.24) is 25.1 Å². The Kier molecular flexibility index (Phi) is 8.61. The number of nitrogens with zero attached hydrogens (tertiary/aromatic N) is 3. The van der Waals surface area contributed by atoms with Crippen molar-refractivity contribution in [2.45, 2.75) is 58.0 Å². The Hall–Kier alpha value is -3.65. The van der Waals surface area contributed by atoms with Gasteiger partial charge in [-0.3, -0.25) is 14.5 Å². The maximum atomic E-state index is 13.7. The lowest BCUT2D eigenvalue weighted by molar-refractivity contribution is -0.138. The van der Waals surface area contributed by atoms with Crippen molar-refractivity contribution in [3.05, 3.63) is 78.2 Å². The van der Waals surface area contributed by atoms with Crippen molar-refractivity contribution < 1.29 is 14.3 Å². The van der Waals surface area contributed by atoms with Crippen LogP contribution in [0, 0.1) is 5.41 Å². The van der Waals surface area contributed by atoms with Gasteiger partial charge in [0.15, 0.2) is 0 Å². The highest BCUT2D eigenvalue weighted by Gasteiger charge is 2.41. The Morgan fingerprint density at radius 2 is 1.82 bits per heavy atom. The minimum Gasteiger partial charge on any atom is -0.491 e. The summed E-state index contributed by atoms with van der Waals surface area (Å²) >= 11 is 0. The third-order valence-electron chi connectivity index (χ3n) is 8.13. The number of carbonyl (C=O) groups is 2. The van der Waals surface area contributed by atoms with Gasteiger partial charge < -0.3 is 19.9 Å². The van der Waals surface area contributed by atoms with E-state index in [1.54, 1.807) is 6.92 Å². The smallest absolute Gasteiger partial charge is 0.242 e. The number of hydrogen-bond donors (Lipinski definition) is 2. The molecular weight excluding hydrogens is 490 g/mol. The summed E-state index contributed by atoms with van der Waals surface area (Å²) in [7, 11) is 0.